The summed E-state index contributed by atoms with van der Waals surface area (Å²) in [6.45, 7) is 6.63. The summed E-state index contributed by atoms with van der Waals surface area (Å²) in [5.41, 5.74) is 1.71. The fraction of sp³-hybridized carbons (Fsp3) is 0.692. The molecule has 7 heteroatoms. The largest absolute Gasteiger partial charge is 0.480 e. The molecule has 0 aliphatic heterocycles. The van der Waals surface area contributed by atoms with Gasteiger partial charge in [-0.3, -0.25) is 9.69 Å². The molecule has 7 nitrogen and oxygen atoms in total. The van der Waals surface area contributed by atoms with Crippen LogP contribution in [0.4, 0.5) is 5.95 Å². The Bertz CT molecular complexity index is 488. The summed E-state index contributed by atoms with van der Waals surface area (Å²) in [7, 11) is 0. The number of carboxylic acid groups (broad SMARTS) is 1. The van der Waals surface area contributed by atoms with Crippen molar-refractivity contribution in [3.63, 3.8) is 0 Å². The van der Waals surface area contributed by atoms with Crippen LogP contribution in [-0.2, 0) is 4.79 Å². The Morgan fingerprint density at radius 3 is 2.60 bits per heavy atom. The standard InChI is InChI=1S/C13H21N5O2/c1-4-18(7-12(19)20)11-5-10(6-11)15-13-14-8(2)9(3)16-17-13/h10-11H,4-7H2,1-3H3,(H,19,20)(H,14,15,17). The Labute approximate surface area is 118 Å². The van der Waals surface area contributed by atoms with Gasteiger partial charge < -0.3 is 10.4 Å². The van der Waals surface area contributed by atoms with Crippen molar-refractivity contribution in [1.29, 1.82) is 0 Å². The molecule has 0 saturated heterocycles. The van der Waals surface area contributed by atoms with Gasteiger partial charge in [0, 0.05) is 12.1 Å². The smallest absolute Gasteiger partial charge is 0.317 e. The molecule has 2 rings (SSSR count). The molecule has 0 spiro atoms. The van der Waals surface area contributed by atoms with E-state index in [-0.39, 0.29) is 6.54 Å². The lowest BCUT2D eigenvalue weighted by Crippen LogP contribution is -2.51. The maximum Gasteiger partial charge on any atom is 0.317 e. The predicted molar refractivity (Wildman–Crippen MR) is 74.6 cm³/mol. The molecule has 1 aliphatic carbocycles. The lowest BCUT2D eigenvalue weighted by molar-refractivity contribution is -0.139. The monoisotopic (exact) mass is 279 g/mol. The van der Waals surface area contributed by atoms with E-state index in [9.17, 15) is 4.79 Å². The van der Waals surface area contributed by atoms with E-state index in [1.807, 2.05) is 25.7 Å². The summed E-state index contributed by atoms with van der Waals surface area (Å²) in [5.74, 6) is -0.220. The highest BCUT2D eigenvalue weighted by molar-refractivity contribution is 5.69. The highest BCUT2D eigenvalue weighted by atomic mass is 16.4. The average Bonchev–Trinajstić information content (AvgIpc) is 2.35. The molecular weight excluding hydrogens is 258 g/mol. The summed E-state index contributed by atoms with van der Waals surface area (Å²) in [6, 6.07) is 0.625. The molecule has 1 aromatic rings. The lowest BCUT2D eigenvalue weighted by atomic mass is 9.85. The van der Waals surface area contributed by atoms with Crippen LogP contribution in [0, 0.1) is 13.8 Å². The highest BCUT2D eigenvalue weighted by Crippen LogP contribution is 2.27. The van der Waals surface area contributed by atoms with Crippen molar-refractivity contribution in [1.82, 2.24) is 20.1 Å². The Morgan fingerprint density at radius 2 is 2.05 bits per heavy atom. The molecule has 1 aromatic heterocycles. The normalized spacial score (nSPS) is 21.6. The predicted octanol–water partition coefficient (Wildman–Crippen LogP) is 0.838. The molecule has 0 bridgehead atoms. The first kappa shape index (κ1) is 14.6. The van der Waals surface area contributed by atoms with Gasteiger partial charge in [-0.25, -0.2) is 4.98 Å². The molecular formula is C13H21N5O2. The minimum absolute atomic E-state index is 0.107. The van der Waals surface area contributed by atoms with Gasteiger partial charge in [0.2, 0.25) is 5.95 Å². The maximum atomic E-state index is 10.8. The number of aryl methyl sites for hydroxylation is 2. The minimum Gasteiger partial charge on any atom is -0.480 e. The molecule has 1 heterocycles. The van der Waals surface area contributed by atoms with Gasteiger partial charge >= 0.3 is 5.97 Å². The first-order chi connectivity index (χ1) is 9.49. The van der Waals surface area contributed by atoms with Crippen molar-refractivity contribution in [2.45, 2.75) is 45.7 Å². The highest BCUT2D eigenvalue weighted by Gasteiger charge is 2.34. The van der Waals surface area contributed by atoms with Gasteiger partial charge in [-0.2, -0.15) is 5.10 Å². The van der Waals surface area contributed by atoms with Gasteiger partial charge in [-0.05, 0) is 33.2 Å². The van der Waals surface area contributed by atoms with E-state index < -0.39 is 5.97 Å². The molecule has 110 valence electrons. The Morgan fingerprint density at radius 1 is 1.35 bits per heavy atom. The number of rotatable bonds is 6. The Hall–Kier alpha value is -1.76. The van der Waals surface area contributed by atoms with Crippen LogP contribution in [0.3, 0.4) is 0 Å². The molecule has 0 amide bonds. The van der Waals surface area contributed by atoms with Crippen LogP contribution in [0.5, 0.6) is 0 Å². The van der Waals surface area contributed by atoms with Gasteiger partial charge in [0.25, 0.3) is 0 Å². The van der Waals surface area contributed by atoms with Crippen LogP contribution < -0.4 is 5.32 Å². The second-order valence-electron chi connectivity index (χ2n) is 5.23. The summed E-state index contributed by atoms with van der Waals surface area (Å²) in [5, 5.41) is 20.2. The van der Waals surface area contributed by atoms with Gasteiger partial charge in [0.05, 0.1) is 17.9 Å². The number of nitrogens with one attached hydrogen (secondary N) is 1. The third-order valence-electron chi connectivity index (χ3n) is 3.80. The van der Waals surface area contributed by atoms with Gasteiger partial charge in [-0.15, -0.1) is 5.10 Å². The summed E-state index contributed by atoms with van der Waals surface area (Å²) >= 11 is 0. The Balaban J connectivity index is 1.84. The summed E-state index contributed by atoms with van der Waals surface area (Å²) in [4.78, 5) is 17.1. The average molecular weight is 279 g/mol. The molecule has 20 heavy (non-hydrogen) atoms. The van der Waals surface area contributed by atoms with E-state index in [0.717, 1.165) is 30.8 Å². The number of carbonyl (C=O) groups is 1. The van der Waals surface area contributed by atoms with Crippen LogP contribution in [0.1, 0.15) is 31.2 Å². The molecule has 0 atom stereocenters. The number of likely N-dealkylation sites (N-methyl/N-ethyl adjacent to an activating group) is 1. The zero-order chi connectivity index (χ0) is 14.7. The van der Waals surface area contributed by atoms with E-state index in [1.54, 1.807) is 0 Å². The first-order valence-electron chi connectivity index (χ1n) is 6.90. The van der Waals surface area contributed by atoms with Crippen molar-refractivity contribution in [3.05, 3.63) is 11.4 Å². The van der Waals surface area contributed by atoms with Crippen LogP contribution in [0.25, 0.3) is 0 Å². The zero-order valence-corrected chi connectivity index (χ0v) is 12.1. The molecule has 2 N–H and O–H groups in total. The summed E-state index contributed by atoms with van der Waals surface area (Å²) < 4.78 is 0. The van der Waals surface area contributed by atoms with E-state index in [2.05, 4.69) is 20.5 Å². The number of aliphatic carboxylic acids is 1. The molecule has 1 saturated carbocycles. The fourth-order valence-corrected chi connectivity index (χ4v) is 2.38. The molecule has 0 radical (unpaired) electrons. The van der Waals surface area contributed by atoms with Crippen LogP contribution in [-0.4, -0.2) is 56.3 Å². The van der Waals surface area contributed by atoms with E-state index in [4.69, 9.17) is 5.11 Å². The van der Waals surface area contributed by atoms with E-state index in [1.165, 1.54) is 0 Å². The second-order valence-corrected chi connectivity index (χ2v) is 5.23. The molecule has 1 fully saturated rings. The van der Waals surface area contributed by atoms with Crippen molar-refractivity contribution in [3.8, 4) is 0 Å². The van der Waals surface area contributed by atoms with Crippen molar-refractivity contribution in [2.75, 3.05) is 18.4 Å². The van der Waals surface area contributed by atoms with Gasteiger partial charge in [0.15, 0.2) is 0 Å². The third-order valence-corrected chi connectivity index (χ3v) is 3.80. The number of nitrogens with zero attached hydrogens (tertiary/aromatic N) is 4. The second kappa shape index (κ2) is 6.13. The maximum absolute atomic E-state index is 10.8. The molecule has 0 aromatic carbocycles. The van der Waals surface area contributed by atoms with Crippen molar-refractivity contribution in [2.24, 2.45) is 0 Å². The number of hydrogen-bond donors (Lipinski definition) is 2. The number of anilines is 1. The third kappa shape index (κ3) is 3.41. The van der Waals surface area contributed by atoms with Crippen molar-refractivity contribution >= 4 is 11.9 Å². The quantitative estimate of drug-likeness (QED) is 0.797. The Kier molecular flexibility index (Phi) is 4.49. The van der Waals surface area contributed by atoms with Crippen LogP contribution in [0.2, 0.25) is 0 Å². The van der Waals surface area contributed by atoms with Crippen LogP contribution in [0.15, 0.2) is 0 Å². The lowest BCUT2D eigenvalue weighted by Gasteiger charge is -2.42. The molecule has 0 unspecified atom stereocenters. The topological polar surface area (TPSA) is 91.2 Å². The number of carboxylic acids is 1. The number of hydrogen-bond acceptors (Lipinski definition) is 6. The first-order valence-corrected chi connectivity index (χ1v) is 6.90. The van der Waals surface area contributed by atoms with E-state index >= 15 is 0 Å². The minimum atomic E-state index is -0.773. The molecule has 1 aliphatic rings. The van der Waals surface area contributed by atoms with Crippen LogP contribution >= 0.6 is 0 Å². The fourth-order valence-electron chi connectivity index (χ4n) is 2.38. The van der Waals surface area contributed by atoms with Crippen molar-refractivity contribution < 1.29 is 9.90 Å². The SMILES string of the molecule is CCN(CC(=O)O)C1CC(Nc2nnc(C)c(C)n2)C1. The van der Waals surface area contributed by atoms with Gasteiger partial charge in [-0.1, -0.05) is 6.92 Å². The van der Waals surface area contributed by atoms with E-state index in [0.29, 0.717) is 18.0 Å². The summed E-state index contributed by atoms with van der Waals surface area (Å²) in [6.07, 6.45) is 1.83. The zero-order valence-electron chi connectivity index (χ0n) is 12.1. The van der Waals surface area contributed by atoms with Gasteiger partial charge in [0.1, 0.15) is 0 Å². The number of aromatic nitrogens is 3.